The average molecular weight is 299 g/mol. The molecule has 0 bridgehead atoms. The van der Waals surface area contributed by atoms with Gasteiger partial charge in [-0.25, -0.2) is 4.39 Å². The molecule has 1 saturated heterocycles. The second-order valence-corrected chi connectivity index (χ2v) is 6.27. The second kappa shape index (κ2) is 7.39. The Balaban J connectivity index is 1.84. The lowest BCUT2D eigenvalue weighted by Gasteiger charge is -2.26. The molecule has 0 spiro atoms. The zero-order chi connectivity index (χ0) is 14.5. The molecule has 1 unspecified atom stereocenters. The molecule has 4 heteroatoms. The number of hydrogen-bond acceptors (Lipinski definition) is 2. The Labute approximate surface area is 126 Å². The molecule has 112 valence electrons. The van der Waals surface area contributed by atoms with Crippen LogP contribution in [0.4, 0.5) is 4.39 Å². The lowest BCUT2D eigenvalue weighted by atomic mass is 10.0. The summed E-state index contributed by atoms with van der Waals surface area (Å²) in [5.41, 5.74) is 1.47. The molecular weight excluding hydrogens is 275 g/mol. The van der Waals surface area contributed by atoms with Gasteiger partial charge in [0, 0.05) is 17.6 Å². The quantitative estimate of drug-likeness (QED) is 0.890. The predicted octanol–water partition coefficient (Wildman–Crippen LogP) is 3.75. The van der Waals surface area contributed by atoms with Crippen molar-refractivity contribution in [3.05, 3.63) is 34.1 Å². The smallest absolute Gasteiger partial charge is 0.126 e. The van der Waals surface area contributed by atoms with Gasteiger partial charge in [-0.15, -0.1) is 0 Å². The molecule has 2 rings (SSSR count). The lowest BCUT2D eigenvalue weighted by molar-refractivity contribution is 0.281. The van der Waals surface area contributed by atoms with E-state index in [1.54, 1.807) is 19.1 Å². The van der Waals surface area contributed by atoms with Crippen LogP contribution in [0.15, 0.2) is 12.1 Å². The fourth-order valence-corrected chi connectivity index (χ4v) is 3.00. The van der Waals surface area contributed by atoms with Gasteiger partial charge in [-0.3, -0.25) is 0 Å². The topological polar surface area (TPSA) is 15.3 Å². The molecule has 1 fully saturated rings. The van der Waals surface area contributed by atoms with Gasteiger partial charge < -0.3 is 10.2 Å². The third kappa shape index (κ3) is 4.44. The molecule has 1 aliphatic rings. The molecule has 1 aromatic carbocycles. The summed E-state index contributed by atoms with van der Waals surface area (Å²) in [4.78, 5) is 2.21. The maximum absolute atomic E-state index is 13.6. The minimum atomic E-state index is -0.174. The van der Waals surface area contributed by atoms with Crippen LogP contribution < -0.4 is 5.32 Å². The summed E-state index contributed by atoms with van der Waals surface area (Å²) >= 11 is 6.19. The van der Waals surface area contributed by atoms with E-state index in [4.69, 9.17) is 11.6 Å². The van der Waals surface area contributed by atoms with Gasteiger partial charge in [-0.2, -0.15) is 0 Å². The van der Waals surface area contributed by atoms with E-state index in [1.807, 2.05) is 0 Å². The Hall–Kier alpha value is -0.640. The van der Waals surface area contributed by atoms with E-state index in [2.05, 4.69) is 17.3 Å². The highest BCUT2D eigenvalue weighted by molar-refractivity contribution is 6.31. The van der Waals surface area contributed by atoms with E-state index in [9.17, 15) is 4.39 Å². The van der Waals surface area contributed by atoms with E-state index in [1.165, 1.54) is 19.3 Å². The zero-order valence-electron chi connectivity index (χ0n) is 12.4. The second-order valence-electron chi connectivity index (χ2n) is 5.87. The lowest BCUT2D eigenvalue weighted by Crippen LogP contribution is -2.36. The number of hydrogen-bond donors (Lipinski definition) is 1. The summed E-state index contributed by atoms with van der Waals surface area (Å²) in [6, 6.07) is 3.91. The van der Waals surface area contributed by atoms with Gasteiger partial charge in [-0.05, 0) is 69.6 Å². The molecule has 1 heterocycles. The molecule has 1 aliphatic heterocycles. The first-order chi connectivity index (χ1) is 9.56. The monoisotopic (exact) mass is 298 g/mol. The van der Waals surface area contributed by atoms with Gasteiger partial charge in [0.05, 0.1) is 0 Å². The third-order valence-electron chi connectivity index (χ3n) is 4.04. The van der Waals surface area contributed by atoms with Crippen molar-refractivity contribution >= 4 is 11.6 Å². The Morgan fingerprint density at radius 2 is 2.20 bits per heavy atom. The van der Waals surface area contributed by atoms with Crippen LogP contribution in [0.5, 0.6) is 0 Å². The van der Waals surface area contributed by atoms with Crippen molar-refractivity contribution in [2.45, 2.75) is 45.2 Å². The molecule has 1 aromatic rings. The summed E-state index contributed by atoms with van der Waals surface area (Å²) in [6.45, 7) is 4.58. The highest BCUT2D eigenvalue weighted by atomic mass is 35.5. The van der Waals surface area contributed by atoms with Gasteiger partial charge in [0.25, 0.3) is 0 Å². The maximum atomic E-state index is 13.6. The van der Waals surface area contributed by atoms with Crippen LogP contribution in [-0.4, -0.2) is 31.1 Å². The van der Waals surface area contributed by atoms with Crippen LogP contribution in [0.3, 0.4) is 0 Å². The summed E-state index contributed by atoms with van der Waals surface area (Å²) in [5.74, 6) is -0.174. The minimum absolute atomic E-state index is 0.174. The summed E-state index contributed by atoms with van der Waals surface area (Å²) in [5, 5.41) is 4.21. The summed E-state index contributed by atoms with van der Waals surface area (Å²) < 4.78 is 13.6. The molecule has 1 atom stereocenters. The Bertz CT molecular complexity index is 444. The van der Waals surface area contributed by atoms with Gasteiger partial charge in [0.2, 0.25) is 0 Å². The minimum Gasteiger partial charge on any atom is -0.314 e. The zero-order valence-corrected chi connectivity index (χ0v) is 13.1. The van der Waals surface area contributed by atoms with Crippen LogP contribution >= 0.6 is 11.6 Å². The summed E-state index contributed by atoms with van der Waals surface area (Å²) in [6.07, 6.45) is 5.04. The molecule has 0 saturated carbocycles. The van der Waals surface area contributed by atoms with Crippen LogP contribution in [0.2, 0.25) is 5.02 Å². The largest absolute Gasteiger partial charge is 0.314 e. The number of piperidine rings is 1. The van der Waals surface area contributed by atoms with Crippen molar-refractivity contribution in [3.8, 4) is 0 Å². The number of aryl methyl sites for hydroxylation is 1. The Morgan fingerprint density at radius 3 is 2.90 bits per heavy atom. The summed E-state index contributed by atoms with van der Waals surface area (Å²) in [7, 11) is 2.07. The van der Waals surface area contributed by atoms with Gasteiger partial charge in [0.1, 0.15) is 5.82 Å². The molecule has 0 aliphatic carbocycles. The number of rotatable bonds is 5. The fourth-order valence-electron chi connectivity index (χ4n) is 2.73. The van der Waals surface area contributed by atoms with E-state index >= 15 is 0 Å². The van der Waals surface area contributed by atoms with Crippen LogP contribution in [0, 0.1) is 12.7 Å². The molecule has 0 aromatic heterocycles. The van der Waals surface area contributed by atoms with E-state index in [-0.39, 0.29) is 5.82 Å². The van der Waals surface area contributed by atoms with Gasteiger partial charge in [-0.1, -0.05) is 18.0 Å². The van der Waals surface area contributed by atoms with Crippen molar-refractivity contribution in [2.24, 2.45) is 0 Å². The van der Waals surface area contributed by atoms with E-state index in [0.29, 0.717) is 23.2 Å². The molecular formula is C16H24ClFN2. The average Bonchev–Trinajstić information content (AvgIpc) is 2.44. The van der Waals surface area contributed by atoms with Gasteiger partial charge in [0.15, 0.2) is 0 Å². The Morgan fingerprint density at radius 1 is 1.40 bits per heavy atom. The highest BCUT2D eigenvalue weighted by Gasteiger charge is 2.14. The highest BCUT2D eigenvalue weighted by Crippen LogP contribution is 2.22. The van der Waals surface area contributed by atoms with Crippen molar-refractivity contribution in [1.82, 2.24) is 10.2 Å². The first-order valence-electron chi connectivity index (χ1n) is 7.42. The molecule has 0 amide bonds. The normalized spacial score (nSPS) is 19.6. The standard InChI is InChI=1S/C16H24ClFN2/c1-12-9-15(17)13(10-16(12)18)11-20(2)8-6-14-5-3-4-7-19-14/h9-10,14,19H,3-8,11H2,1-2H3. The van der Waals surface area contributed by atoms with Crippen molar-refractivity contribution in [1.29, 1.82) is 0 Å². The number of halogens is 2. The van der Waals surface area contributed by atoms with Crippen molar-refractivity contribution in [2.75, 3.05) is 20.1 Å². The molecule has 0 radical (unpaired) electrons. The fraction of sp³-hybridized carbons (Fsp3) is 0.625. The predicted molar refractivity (Wildman–Crippen MR) is 82.7 cm³/mol. The van der Waals surface area contributed by atoms with Gasteiger partial charge >= 0.3 is 0 Å². The Kier molecular flexibility index (Phi) is 5.82. The molecule has 1 N–H and O–H groups in total. The van der Waals surface area contributed by atoms with E-state index in [0.717, 1.165) is 25.1 Å². The first-order valence-corrected chi connectivity index (χ1v) is 7.80. The molecule has 2 nitrogen and oxygen atoms in total. The van der Waals surface area contributed by atoms with E-state index < -0.39 is 0 Å². The van der Waals surface area contributed by atoms with Crippen molar-refractivity contribution in [3.63, 3.8) is 0 Å². The van der Waals surface area contributed by atoms with Crippen LogP contribution in [-0.2, 0) is 6.54 Å². The first kappa shape index (κ1) is 15.7. The number of nitrogens with zero attached hydrogens (tertiary/aromatic N) is 1. The third-order valence-corrected chi connectivity index (χ3v) is 4.39. The number of nitrogens with one attached hydrogen (secondary N) is 1. The SMILES string of the molecule is Cc1cc(Cl)c(CN(C)CCC2CCCCN2)cc1F. The van der Waals surface area contributed by atoms with Crippen LogP contribution in [0.25, 0.3) is 0 Å². The number of benzene rings is 1. The molecule has 20 heavy (non-hydrogen) atoms. The van der Waals surface area contributed by atoms with Crippen molar-refractivity contribution < 1.29 is 4.39 Å². The maximum Gasteiger partial charge on any atom is 0.126 e. The van der Waals surface area contributed by atoms with Crippen LogP contribution in [0.1, 0.15) is 36.8 Å².